The molecular formula is C18H18Br2N2O2. The second-order valence-corrected chi connectivity index (χ2v) is 7.36. The smallest absolute Gasteiger partial charge is 0.258 e. The quantitative estimate of drug-likeness (QED) is 0.647. The van der Waals surface area contributed by atoms with Gasteiger partial charge in [-0.3, -0.25) is 9.78 Å². The summed E-state index contributed by atoms with van der Waals surface area (Å²) in [6.45, 7) is 5.51. The molecule has 1 aliphatic rings. The number of amides is 1. The first kappa shape index (κ1) is 17.4. The Kier molecular flexibility index (Phi) is 5.25. The van der Waals surface area contributed by atoms with Gasteiger partial charge in [-0.1, -0.05) is 15.9 Å². The molecule has 24 heavy (non-hydrogen) atoms. The van der Waals surface area contributed by atoms with Crippen LogP contribution < -0.4 is 4.74 Å². The summed E-state index contributed by atoms with van der Waals surface area (Å²) in [7, 11) is 0. The van der Waals surface area contributed by atoms with E-state index >= 15 is 0 Å². The summed E-state index contributed by atoms with van der Waals surface area (Å²) < 4.78 is 6.63. The lowest BCUT2D eigenvalue weighted by molar-refractivity contribution is 0.0740. The van der Waals surface area contributed by atoms with Gasteiger partial charge in [0, 0.05) is 11.0 Å². The number of hydrogen-bond donors (Lipinski definition) is 0. The second-order valence-electron chi connectivity index (χ2n) is 5.94. The number of carbonyl (C=O) groups is 1. The number of hydrogen-bond acceptors (Lipinski definition) is 3. The van der Waals surface area contributed by atoms with Gasteiger partial charge in [-0.2, -0.15) is 0 Å². The highest BCUT2D eigenvalue weighted by molar-refractivity contribution is 9.10. The SMILES string of the molecule is Cc1cc(C)nc(CN2CCOc3c(Br)cc(CBr)cc3C2=O)c1. The number of rotatable bonds is 3. The van der Waals surface area contributed by atoms with Gasteiger partial charge in [0.2, 0.25) is 0 Å². The van der Waals surface area contributed by atoms with Gasteiger partial charge < -0.3 is 9.64 Å². The van der Waals surface area contributed by atoms with Crippen LogP contribution in [0, 0.1) is 13.8 Å². The van der Waals surface area contributed by atoms with E-state index in [0.717, 1.165) is 27.0 Å². The highest BCUT2D eigenvalue weighted by Crippen LogP contribution is 2.34. The van der Waals surface area contributed by atoms with E-state index in [1.54, 1.807) is 4.90 Å². The van der Waals surface area contributed by atoms with Crippen molar-refractivity contribution in [1.82, 2.24) is 9.88 Å². The van der Waals surface area contributed by atoms with E-state index in [2.05, 4.69) is 36.8 Å². The van der Waals surface area contributed by atoms with Gasteiger partial charge in [0.15, 0.2) is 0 Å². The predicted molar refractivity (Wildman–Crippen MR) is 101 cm³/mol. The molecule has 0 fully saturated rings. The number of aryl methyl sites for hydroxylation is 2. The standard InChI is InChI=1S/C18H18Br2N2O2/c1-11-5-12(2)21-14(6-11)10-22-3-4-24-17-15(18(22)23)7-13(9-19)8-16(17)20/h5-8H,3-4,9-10H2,1-2H3. The monoisotopic (exact) mass is 452 g/mol. The minimum Gasteiger partial charge on any atom is -0.490 e. The van der Waals surface area contributed by atoms with Crippen molar-refractivity contribution in [3.63, 3.8) is 0 Å². The lowest BCUT2D eigenvalue weighted by Crippen LogP contribution is -2.32. The van der Waals surface area contributed by atoms with Crippen molar-refractivity contribution in [1.29, 1.82) is 0 Å². The van der Waals surface area contributed by atoms with Crippen molar-refractivity contribution in [2.24, 2.45) is 0 Å². The lowest BCUT2D eigenvalue weighted by atomic mass is 10.1. The summed E-state index contributed by atoms with van der Waals surface area (Å²) in [6, 6.07) is 7.93. The third kappa shape index (κ3) is 3.64. The molecule has 2 heterocycles. The van der Waals surface area contributed by atoms with Crippen molar-refractivity contribution in [2.45, 2.75) is 25.7 Å². The molecule has 2 aromatic rings. The number of benzene rings is 1. The van der Waals surface area contributed by atoms with E-state index in [0.29, 0.717) is 36.3 Å². The minimum absolute atomic E-state index is 0.0213. The van der Waals surface area contributed by atoms with Crippen LogP contribution >= 0.6 is 31.9 Å². The number of ether oxygens (including phenoxy) is 1. The third-order valence-corrected chi connectivity index (χ3v) is 5.12. The molecule has 0 saturated carbocycles. The van der Waals surface area contributed by atoms with Gasteiger partial charge in [-0.25, -0.2) is 0 Å². The Labute approximate surface area is 158 Å². The number of alkyl halides is 1. The maximum absolute atomic E-state index is 13.0. The Balaban J connectivity index is 1.94. The van der Waals surface area contributed by atoms with Crippen LogP contribution in [0.1, 0.15) is 32.9 Å². The Morgan fingerprint density at radius 1 is 1.25 bits per heavy atom. The van der Waals surface area contributed by atoms with Crippen LogP contribution in [-0.2, 0) is 11.9 Å². The van der Waals surface area contributed by atoms with Gasteiger partial charge in [0.25, 0.3) is 5.91 Å². The molecule has 0 bridgehead atoms. The zero-order chi connectivity index (χ0) is 17.3. The summed E-state index contributed by atoms with van der Waals surface area (Å²) in [5.41, 5.74) is 4.65. The fraction of sp³-hybridized carbons (Fsp3) is 0.333. The van der Waals surface area contributed by atoms with E-state index in [4.69, 9.17) is 4.74 Å². The van der Waals surface area contributed by atoms with Crippen molar-refractivity contribution in [3.8, 4) is 5.75 Å². The molecule has 126 valence electrons. The largest absolute Gasteiger partial charge is 0.490 e. The van der Waals surface area contributed by atoms with Gasteiger partial charge in [0.1, 0.15) is 12.4 Å². The first-order valence-corrected chi connectivity index (χ1v) is 9.64. The Bertz CT molecular complexity index is 773. The molecule has 0 spiro atoms. The molecule has 1 aliphatic heterocycles. The van der Waals surface area contributed by atoms with E-state index in [9.17, 15) is 4.79 Å². The van der Waals surface area contributed by atoms with Crippen LogP contribution in [0.3, 0.4) is 0 Å². The second kappa shape index (κ2) is 7.23. The van der Waals surface area contributed by atoms with Gasteiger partial charge in [0.05, 0.1) is 28.8 Å². The molecule has 4 nitrogen and oxygen atoms in total. The van der Waals surface area contributed by atoms with Crippen LogP contribution in [0.25, 0.3) is 0 Å². The number of aromatic nitrogens is 1. The predicted octanol–water partition coefficient (Wildman–Crippen LogP) is 4.39. The number of fused-ring (bicyclic) bond motifs is 1. The molecule has 0 N–H and O–H groups in total. The molecule has 3 rings (SSSR count). The summed E-state index contributed by atoms with van der Waals surface area (Å²) >= 11 is 6.96. The maximum Gasteiger partial charge on any atom is 0.258 e. The molecule has 0 radical (unpaired) electrons. The Morgan fingerprint density at radius 2 is 2.04 bits per heavy atom. The molecule has 1 amide bonds. The maximum atomic E-state index is 13.0. The van der Waals surface area contributed by atoms with E-state index in [1.807, 2.05) is 38.1 Å². The Morgan fingerprint density at radius 3 is 2.75 bits per heavy atom. The zero-order valence-electron chi connectivity index (χ0n) is 13.6. The summed E-state index contributed by atoms with van der Waals surface area (Å²) in [6.07, 6.45) is 0. The average Bonchev–Trinajstić information content (AvgIpc) is 2.67. The zero-order valence-corrected chi connectivity index (χ0v) is 16.8. The first-order chi connectivity index (χ1) is 11.5. The summed E-state index contributed by atoms with van der Waals surface area (Å²) in [5.74, 6) is 0.604. The van der Waals surface area contributed by atoms with E-state index < -0.39 is 0 Å². The van der Waals surface area contributed by atoms with Gasteiger partial charge >= 0.3 is 0 Å². The minimum atomic E-state index is -0.0213. The summed E-state index contributed by atoms with van der Waals surface area (Å²) in [4.78, 5) is 19.4. The highest BCUT2D eigenvalue weighted by atomic mass is 79.9. The molecule has 0 saturated heterocycles. The van der Waals surface area contributed by atoms with Crippen LogP contribution in [-0.4, -0.2) is 28.9 Å². The Hall–Kier alpha value is -1.40. The lowest BCUT2D eigenvalue weighted by Gasteiger charge is -2.20. The van der Waals surface area contributed by atoms with E-state index in [1.165, 1.54) is 0 Å². The topological polar surface area (TPSA) is 42.4 Å². The first-order valence-electron chi connectivity index (χ1n) is 7.72. The van der Waals surface area contributed by atoms with Crippen LogP contribution in [0.15, 0.2) is 28.7 Å². The molecular weight excluding hydrogens is 436 g/mol. The van der Waals surface area contributed by atoms with Gasteiger partial charge in [-0.05, 0) is 65.2 Å². The van der Waals surface area contributed by atoms with Crippen LogP contribution in [0.4, 0.5) is 0 Å². The third-order valence-electron chi connectivity index (χ3n) is 3.89. The number of nitrogens with zero attached hydrogens (tertiary/aromatic N) is 2. The molecule has 0 unspecified atom stereocenters. The van der Waals surface area contributed by atoms with Crippen LogP contribution in [0.2, 0.25) is 0 Å². The number of carbonyl (C=O) groups excluding carboxylic acids is 1. The highest BCUT2D eigenvalue weighted by Gasteiger charge is 2.26. The number of pyridine rings is 1. The number of halogens is 2. The van der Waals surface area contributed by atoms with Gasteiger partial charge in [-0.15, -0.1) is 0 Å². The molecule has 0 atom stereocenters. The normalized spacial score (nSPS) is 14.2. The fourth-order valence-electron chi connectivity index (χ4n) is 2.91. The summed E-state index contributed by atoms with van der Waals surface area (Å²) in [5, 5.41) is 0.685. The molecule has 1 aromatic carbocycles. The van der Waals surface area contributed by atoms with Crippen molar-refractivity contribution in [2.75, 3.05) is 13.2 Å². The van der Waals surface area contributed by atoms with Crippen molar-refractivity contribution >= 4 is 37.8 Å². The van der Waals surface area contributed by atoms with Crippen molar-refractivity contribution in [3.05, 3.63) is 56.8 Å². The molecule has 0 aliphatic carbocycles. The van der Waals surface area contributed by atoms with E-state index in [-0.39, 0.29) is 5.91 Å². The van der Waals surface area contributed by atoms with Crippen molar-refractivity contribution < 1.29 is 9.53 Å². The molecule has 6 heteroatoms. The molecule has 1 aromatic heterocycles. The van der Waals surface area contributed by atoms with Crippen LogP contribution in [0.5, 0.6) is 5.75 Å². The fourth-order valence-corrected chi connectivity index (χ4v) is 3.86. The average molecular weight is 454 g/mol.